The number of rotatable bonds is 2. The number of likely N-dealkylation sites (tertiary alicyclic amines) is 1. The minimum absolute atomic E-state index is 0.0206. The van der Waals surface area contributed by atoms with Gasteiger partial charge in [-0.15, -0.1) is 0 Å². The van der Waals surface area contributed by atoms with Crippen molar-refractivity contribution >= 4 is 17.7 Å². The summed E-state index contributed by atoms with van der Waals surface area (Å²) in [6.07, 6.45) is 5.43. The van der Waals surface area contributed by atoms with Gasteiger partial charge < -0.3 is 4.90 Å². The lowest BCUT2D eigenvalue weighted by atomic mass is 9.99. The molecular formula is C17H23N3O2S. The number of thioether (sulfide) groups is 1. The summed E-state index contributed by atoms with van der Waals surface area (Å²) < 4.78 is 1.80. The van der Waals surface area contributed by atoms with Gasteiger partial charge in [0.05, 0.1) is 11.7 Å². The Balaban J connectivity index is 1.53. The lowest BCUT2D eigenvalue weighted by Gasteiger charge is -2.31. The van der Waals surface area contributed by atoms with Crippen LogP contribution in [0.25, 0.3) is 0 Å². The average molecular weight is 333 g/mol. The van der Waals surface area contributed by atoms with E-state index in [9.17, 15) is 9.59 Å². The summed E-state index contributed by atoms with van der Waals surface area (Å²) in [5.74, 6) is 1.71. The van der Waals surface area contributed by atoms with Crippen LogP contribution in [0, 0.1) is 5.92 Å². The fourth-order valence-corrected chi connectivity index (χ4v) is 5.05. The van der Waals surface area contributed by atoms with E-state index in [0.29, 0.717) is 6.42 Å². The fourth-order valence-electron chi connectivity index (χ4n) is 3.89. The molecule has 0 aromatic carbocycles. The zero-order chi connectivity index (χ0) is 16.0. The summed E-state index contributed by atoms with van der Waals surface area (Å²) in [6, 6.07) is -0.0206. The first-order chi connectivity index (χ1) is 11.1. The summed E-state index contributed by atoms with van der Waals surface area (Å²) in [5.41, 5.74) is 1.99. The first-order valence-corrected chi connectivity index (χ1v) is 9.67. The Kier molecular flexibility index (Phi) is 3.95. The van der Waals surface area contributed by atoms with Crippen LogP contribution in [0.4, 0.5) is 0 Å². The molecule has 1 atom stereocenters. The SMILES string of the molecule is CC1CCN(C(=O)C[C@H]2CSc3nc4c(c(=O)n32)CCC4)CC1. The molecule has 3 aliphatic rings. The Morgan fingerprint density at radius 3 is 2.87 bits per heavy atom. The molecule has 0 spiro atoms. The summed E-state index contributed by atoms with van der Waals surface area (Å²) in [5, 5.41) is 0.820. The van der Waals surface area contributed by atoms with Gasteiger partial charge in [0, 0.05) is 30.8 Å². The van der Waals surface area contributed by atoms with Gasteiger partial charge in [0.25, 0.3) is 5.56 Å². The van der Waals surface area contributed by atoms with Crippen LogP contribution in [-0.2, 0) is 17.6 Å². The van der Waals surface area contributed by atoms with E-state index >= 15 is 0 Å². The smallest absolute Gasteiger partial charge is 0.257 e. The van der Waals surface area contributed by atoms with E-state index in [4.69, 9.17) is 0 Å². The molecule has 2 aliphatic heterocycles. The number of carbonyl (C=O) groups is 1. The summed E-state index contributed by atoms with van der Waals surface area (Å²) >= 11 is 1.63. The number of piperidine rings is 1. The highest BCUT2D eigenvalue weighted by molar-refractivity contribution is 7.99. The molecule has 1 aliphatic carbocycles. The van der Waals surface area contributed by atoms with Gasteiger partial charge in [-0.05, 0) is 38.0 Å². The number of hydrogen-bond acceptors (Lipinski definition) is 4. The Morgan fingerprint density at radius 2 is 2.09 bits per heavy atom. The van der Waals surface area contributed by atoms with Crippen LogP contribution >= 0.6 is 11.8 Å². The lowest BCUT2D eigenvalue weighted by Crippen LogP contribution is -2.39. The van der Waals surface area contributed by atoms with Gasteiger partial charge in [0.1, 0.15) is 0 Å². The van der Waals surface area contributed by atoms with Crippen LogP contribution in [0.5, 0.6) is 0 Å². The first-order valence-electron chi connectivity index (χ1n) is 8.68. The highest BCUT2D eigenvalue weighted by Gasteiger charge is 2.32. The third-order valence-electron chi connectivity index (χ3n) is 5.42. The van der Waals surface area contributed by atoms with Crippen LogP contribution < -0.4 is 5.56 Å². The molecule has 1 fully saturated rings. The molecule has 5 nitrogen and oxygen atoms in total. The zero-order valence-corrected chi connectivity index (χ0v) is 14.4. The maximum atomic E-state index is 12.7. The van der Waals surface area contributed by atoms with Gasteiger partial charge in [-0.2, -0.15) is 0 Å². The van der Waals surface area contributed by atoms with Crippen molar-refractivity contribution < 1.29 is 4.79 Å². The van der Waals surface area contributed by atoms with Gasteiger partial charge >= 0.3 is 0 Å². The molecule has 1 amide bonds. The number of aromatic nitrogens is 2. The Labute approximate surface area is 140 Å². The van der Waals surface area contributed by atoms with Gasteiger partial charge in [0.2, 0.25) is 5.91 Å². The highest BCUT2D eigenvalue weighted by atomic mass is 32.2. The van der Waals surface area contributed by atoms with E-state index in [1.54, 1.807) is 16.3 Å². The third-order valence-corrected chi connectivity index (χ3v) is 6.52. The van der Waals surface area contributed by atoms with Crippen molar-refractivity contribution in [3.63, 3.8) is 0 Å². The van der Waals surface area contributed by atoms with Gasteiger partial charge in [-0.3, -0.25) is 14.2 Å². The molecule has 0 saturated carbocycles. The second kappa shape index (κ2) is 5.96. The zero-order valence-electron chi connectivity index (χ0n) is 13.6. The van der Waals surface area contributed by atoms with E-state index in [2.05, 4.69) is 11.9 Å². The van der Waals surface area contributed by atoms with E-state index in [-0.39, 0.29) is 17.5 Å². The standard InChI is InChI=1S/C17H23N3O2S/c1-11-5-7-19(8-6-11)15(21)9-12-10-23-17-18-14-4-2-3-13(14)16(22)20(12)17/h11-12H,2-10H2,1H3/t12-/m0/s1. The van der Waals surface area contributed by atoms with E-state index in [0.717, 1.165) is 73.3 Å². The highest BCUT2D eigenvalue weighted by Crippen LogP contribution is 2.34. The largest absolute Gasteiger partial charge is 0.343 e. The Morgan fingerprint density at radius 1 is 1.30 bits per heavy atom. The van der Waals surface area contributed by atoms with Crippen molar-refractivity contribution in [2.24, 2.45) is 5.92 Å². The fraction of sp³-hybridized carbons (Fsp3) is 0.706. The van der Waals surface area contributed by atoms with Gasteiger partial charge in [-0.25, -0.2) is 4.98 Å². The van der Waals surface area contributed by atoms with Crippen LogP contribution in [0.2, 0.25) is 0 Å². The molecule has 0 N–H and O–H groups in total. The topological polar surface area (TPSA) is 55.2 Å². The van der Waals surface area contributed by atoms with Crippen molar-refractivity contribution in [3.8, 4) is 0 Å². The second-order valence-electron chi connectivity index (χ2n) is 7.08. The number of fused-ring (bicyclic) bond motifs is 2. The van der Waals surface area contributed by atoms with Crippen LogP contribution in [0.3, 0.4) is 0 Å². The maximum absolute atomic E-state index is 12.7. The molecular weight excluding hydrogens is 310 g/mol. The molecule has 0 unspecified atom stereocenters. The van der Waals surface area contributed by atoms with E-state index in [1.165, 1.54) is 0 Å². The van der Waals surface area contributed by atoms with Crippen LogP contribution in [0.1, 0.15) is 49.9 Å². The van der Waals surface area contributed by atoms with Crippen molar-refractivity contribution in [2.45, 2.75) is 56.6 Å². The lowest BCUT2D eigenvalue weighted by molar-refractivity contribution is -0.133. The monoisotopic (exact) mass is 333 g/mol. The van der Waals surface area contributed by atoms with E-state index in [1.807, 2.05) is 4.90 Å². The van der Waals surface area contributed by atoms with E-state index < -0.39 is 0 Å². The second-order valence-corrected chi connectivity index (χ2v) is 8.07. The predicted octanol–water partition coefficient (Wildman–Crippen LogP) is 2.03. The number of aryl methyl sites for hydroxylation is 1. The molecule has 1 aromatic heterocycles. The first kappa shape index (κ1) is 15.2. The minimum Gasteiger partial charge on any atom is -0.343 e. The predicted molar refractivity (Wildman–Crippen MR) is 89.9 cm³/mol. The minimum atomic E-state index is -0.0206. The summed E-state index contributed by atoms with van der Waals surface area (Å²) in [7, 11) is 0. The molecule has 4 rings (SSSR count). The molecule has 6 heteroatoms. The number of carbonyl (C=O) groups excluding carboxylic acids is 1. The molecule has 1 saturated heterocycles. The quantitative estimate of drug-likeness (QED) is 0.777. The number of nitrogens with zero attached hydrogens (tertiary/aromatic N) is 3. The Hall–Kier alpha value is -1.30. The molecule has 0 radical (unpaired) electrons. The molecule has 0 bridgehead atoms. The average Bonchev–Trinajstić information content (AvgIpc) is 3.16. The van der Waals surface area contributed by atoms with Gasteiger partial charge in [-0.1, -0.05) is 18.7 Å². The third kappa shape index (κ3) is 2.71. The van der Waals surface area contributed by atoms with Crippen LogP contribution in [-0.4, -0.2) is 39.2 Å². The van der Waals surface area contributed by atoms with Gasteiger partial charge in [0.15, 0.2) is 5.16 Å². The maximum Gasteiger partial charge on any atom is 0.257 e. The molecule has 3 heterocycles. The van der Waals surface area contributed by atoms with Crippen molar-refractivity contribution in [2.75, 3.05) is 18.8 Å². The van der Waals surface area contributed by atoms with Crippen molar-refractivity contribution in [1.82, 2.24) is 14.5 Å². The van der Waals surface area contributed by atoms with Crippen molar-refractivity contribution in [1.29, 1.82) is 0 Å². The van der Waals surface area contributed by atoms with Crippen LogP contribution in [0.15, 0.2) is 9.95 Å². The molecule has 1 aromatic rings. The number of amides is 1. The Bertz CT molecular complexity index is 692. The summed E-state index contributed by atoms with van der Waals surface area (Å²) in [6.45, 7) is 3.98. The normalized spacial score (nSPS) is 23.9. The molecule has 23 heavy (non-hydrogen) atoms. The molecule has 124 valence electrons. The number of hydrogen-bond donors (Lipinski definition) is 0. The summed E-state index contributed by atoms with van der Waals surface area (Å²) in [4.78, 5) is 32.0. The van der Waals surface area contributed by atoms with Crippen molar-refractivity contribution in [3.05, 3.63) is 21.6 Å².